The van der Waals surface area contributed by atoms with Crippen molar-refractivity contribution in [3.8, 4) is 0 Å². The first-order valence-corrected chi connectivity index (χ1v) is 8.91. The van der Waals surface area contributed by atoms with Crippen molar-refractivity contribution in [2.45, 2.75) is 43.2 Å². The van der Waals surface area contributed by atoms with Gasteiger partial charge in [-0.1, -0.05) is 30.2 Å². The Hall–Kier alpha value is -1.14. The summed E-state index contributed by atoms with van der Waals surface area (Å²) in [6.07, 6.45) is 3.34. The summed E-state index contributed by atoms with van der Waals surface area (Å²) in [5, 5.41) is 12.8. The Balaban J connectivity index is 1.70. The third-order valence-electron chi connectivity index (χ3n) is 5.07. The van der Waals surface area contributed by atoms with E-state index in [0.29, 0.717) is 18.2 Å². The second-order valence-corrected chi connectivity index (χ2v) is 6.96. The molecule has 2 aliphatic rings. The number of aliphatic hydroxyl groups excluding tert-OH is 1. The molecule has 24 heavy (non-hydrogen) atoms. The standard InChI is InChI=1S/C18H24ClNO4/c19-14-4-2-13(3-5-14)18(7-1-8-18)17(22)20-15-12-23-10-6-16(15)24-11-9-21/h2-5,15-16,21H,1,6-12H2,(H,20,22)/t15-,16+/m1/s1. The minimum Gasteiger partial charge on any atom is -0.394 e. The van der Waals surface area contributed by atoms with Crippen LogP contribution < -0.4 is 5.32 Å². The SMILES string of the molecule is O=C(N[C@@H]1COCC[C@@H]1OCCO)C1(c2ccc(Cl)cc2)CCC1. The highest BCUT2D eigenvalue weighted by Gasteiger charge is 2.46. The van der Waals surface area contributed by atoms with Crippen molar-refractivity contribution in [2.24, 2.45) is 0 Å². The number of benzene rings is 1. The Morgan fingerprint density at radius 3 is 2.75 bits per heavy atom. The van der Waals surface area contributed by atoms with E-state index >= 15 is 0 Å². The van der Waals surface area contributed by atoms with Crippen LogP contribution in [0.2, 0.25) is 5.02 Å². The summed E-state index contributed by atoms with van der Waals surface area (Å²) >= 11 is 5.97. The molecule has 1 aromatic carbocycles. The van der Waals surface area contributed by atoms with Crippen LogP contribution in [0.3, 0.4) is 0 Å². The van der Waals surface area contributed by atoms with E-state index in [1.54, 1.807) is 0 Å². The van der Waals surface area contributed by atoms with Crippen molar-refractivity contribution in [3.63, 3.8) is 0 Å². The number of amides is 1. The molecule has 132 valence electrons. The second-order valence-electron chi connectivity index (χ2n) is 6.52. The number of hydrogen-bond acceptors (Lipinski definition) is 4. The van der Waals surface area contributed by atoms with E-state index in [1.807, 2.05) is 24.3 Å². The summed E-state index contributed by atoms with van der Waals surface area (Å²) in [6.45, 7) is 1.31. The zero-order valence-corrected chi connectivity index (χ0v) is 14.4. The maximum Gasteiger partial charge on any atom is 0.231 e. The van der Waals surface area contributed by atoms with Gasteiger partial charge in [0.1, 0.15) is 0 Å². The number of aliphatic hydroxyl groups is 1. The average molecular weight is 354 g/mol. The number of halogens is 1. The lowest BCUT2D eigenvalue weighted by atomic mass is 9.63. The van der Waals surface area contributed by atoms with Gasteiger partial charge < -0.3 is 19.9 Å². The molecule has 0 spiro atoms. The van der Waals surface area contributed by atoms with Crippen LogP contribution in [0.5, 0.6) is 0 Å². The monoisotopic (exact) mass is 353 g/mol. The molecule has 1 heterocycles. The van der Waals surface area contributed by atoms with Gasteiger partial charge in [-0.25, -0.2) is 0 Å². The van der Waals surface area contributed by atoms with E-state index in [0.717, 1.165) is 31.2 Å². The van der Waals surface area contributed by atoms with E-state index in [-0.39, 0.29) is 31.3 Å². The Morgan fingerprint density at radius 2 is 2.12 bits per heavy atom. The Morgan fingerprint density at radius 1 is 1.38 bits per heavy atom. The second kappa shape index (κ2) is 7.83. The van der Waals surface area contributed by atoms with Crippen LogP contribution in [-0.4, -0.2) is 49.6 Å². The van der Waals surface area contributed by atoms with E-state index in [2.05, 4.69) is 5.32 Å². The molecule has 1 aliphatic carbocycles. The minimum absolute atomic E-state index is 0.0211. The molecule has 3 rings (SSSR count). The smallest absolute Gasteiger partial charge is 0.231 e. The van der Waals surface area contributed by atoms with Gasteiger partial charge in [-0.3, -0.25) is 4.79 Å². The largest absolute Gasteiger partial charge is 0.394 e. The third-order valence-corrected chi connectivity index (χ3v) is 5.32. The predicted octanol–water partition coefficient (Wildman–Crippen LogP) is 2.04. The molecular formula is C18H24ClNO4. The molecule has 1 aliphatic heterocycles. The summed E-state index contributed by atoms with van der Waals surface area (Å²) in [6, 6.07) is 7.38. The highest BCUT2D eigenvalue weighted by atomic mass is 35.5. The molecule has 1 saturated heterocycles. The number of carbonyl (C=O) groups is 1. The van der Waals surface area contributed by atoms with Crippen LogP contribution in [0.4, 0.5) is 0 Å². The zero-order chi connectivity index (χ0) is 17.0. The van der Waals surface area contributed by atoms with Crippen LogP contribution in [0, 0.1) is 0 Å². The van der Waals surface area contributed by atoms with Crippen LogP contribution in [0.15, 0.2) is 24.3 Å². The highest BCUT2D eigenvalue weighted by Crippen LogP contribution is 2.44. The lowest BCUT2D eigenvalue weighted by Crippen LogP contribution is -2.57. The fourth-order valence-electron chi connectivity index (χ4n) is 3.51. The lowest BCUT2D eigenvalue weighted by Gasteiger charge is -2.43. The van der Waals surface area contributed by atoms with Gasteiger partial charge in [0.25, 0.3) is 0 Å². The molecule has 0 unspecified atom stereocenters. The molecular weight excluding hydrogens is 330 g/mol. The van der Waals surface area contributed by atoms with Crippen LogP contribution in [0.25, 0.3) is 0 Å². The van der Waals surface area contributed by atoms with Crippen molar-refractivity contribution >= 4 is 17.5 Å². The number of hydrogen-bond donors (Lipinski definition) is 2. The van der Waals surface area contributed by atoms with Crippen LogP contribution in [-0.2, 0) is 19.7 Å². The Bertz CT molecular complexity index is 559. The number of carbonyl (C=O) groups excluding carboxylic acids is 1. The molecule has 1 amide bonds. The van der Waals surface area contributed by atoms with Crippen molar-refractivity contribution in [1.82, 2.24) is 5.32 Å². The summed E-state index contributed by atoms with van der Waals surface area (Å²) in [5.74, 6) is 0.0316. The van der Waals surface area contributed by atoms with Gasteiger partial charge in [0, 0.05) is 11.6 Å². The van der Waals surface area contributed by atoms with Crippen molar-refractivity contribution < 1.29 is 19.4 Å². The maximum atomic E-state index is 13.0. The van der Waals surface area contributed by atoms with Gasteiger partial charge in [0.05, 0.1) is 37.4 Å². The number of ether oxygens (including phenoxy) is 2. The molecule has 0 bridgehead atoms. The molecule has 6 heteroatoms. The lowest BCUT2D eigenvalue weighted by molar-refractivity contribution is -0.135. The summed E-state index contributed by atoms with van der Waals surface area (Å²) in [5.41, 5.74) is 0.545. The Kier molecular flexibility index (Phi) is 5.76. The van der Waals surface area contributed by atoms with E-state index in [4.69, 9.17) is 26.2 Å². The van der Waals surface area contributed by atoms with Crippen molar-refractivity contribution in [2.75, 3.05) is 26.4 Å². The maximum absolute atomic E-state index is 13.0. The van der Waals surface area contributed by atoms with Gasteiger partial charge in [-0.2, -0.15) is 0 Å². The van der Waals surface area contributed by atoms with Gasteiger partial charge in [0.15, 0.2) is 0 Å². The first-order chi connectivity index (χ1) is 11.7. The van der Waals surface area contributed by atoms with Gasteiger partial charge in [0.2, 0.25) is 5.91 Å². The summed E-state index contributed by atoms with van der Waals surface area (Å²) in [4.78, 5) is 13.0. The topological polar surface area (TPSA) is 67.8 Å². The van der Waals surface area contributed by atoms with Gasteiger partial charge >= 0.3 is 0 Å². The summed E-state index contributed by atoms with van der Waals surface area (Å²) < 4.78 is 11.2. The minimum atomic E-state index is -0.469. The van der Waals surface area contributed by atoms with Gasteiger partial charge in [-0.05, 0) is 37.0 Å². The first-order valence-electron chi connectivity index (χ1n) is 8.53. The molecule has 2 fully saturated rings. The zero-order valence-electron chi connectivity index (χ0n) is 13.7. The fraction of sp³-hybridized carbons (Fsp3) is 0.611. The highest BCUT2D eigenvalue weighted by molar-refractivity contribution is 6.30. The van der Waals surface area contributed by atoms with E-state index < -0.39 is 5.41 Å². The third kappa shape index (κ3) is 3.59. The quantitative estimate of drug-likeness (QED) is 0.821. The molecule has 5 nitrogen and oxygen atoms in total. The van der Waals surface area contributed by atoms with Crippen molar-refractivity contribution in [1.29, 1.82) is 0 Å². The van der Waals surface area contributed by atoms with E-state index in [1.165, 1.54) is 0 Å². The van der Waals surface area contributed by atoms with Crippen molar-refractivity contribution in [3.05, 3.63) is 34.9 Å². The Labute approximate surface area is 147 Å². The van der Waals surface area contributed by atoms with Gasteiger partial charge in [-0.15, -0.1) is 0 Å². The number of nitrogens with one attached hydrogen (secondary N) is 1. The van der Waals surface area contributed by atoms with Crippen LogP contribution in [0.1, 0.15) is 31.2 Å². The summed E-state index contributed by atoms with van der Waals surface area (Å²) in [7, 11) is 0. The molecule has 1 saturated carbocycles. The first kappa shape index (κ1) is 17.7. The number of rotatable bonds is 6. The fourth-order valence-corrected chi connectivity index (χ4v) is 3.64. The average Bonchev–Trinajstić information content (AvgIpc) is 2.55. The van der Waals surface area contributed by atoms with Crippen LogP contribution >= 0.6 is 11.6 Å². The van der Waals surface area contributed by atoms with E-state index in [9.17, 15) is 4.79 Å². The molecule has 0 aromatic heterocycles. The molecule has 0 radical (unpaired) electrons. The predicted molar refractivity (Wildman–Crippen MR) is 91.2 cm³/mol. The normalized spacial score (nSPS) is 25.8. The molecule has 2 atom stereocenters. The molecule has 2 N–H and O–H groups in total. The molecule has 1 aromatic rings.